The number of hydrogen-bond acceptors (Lipinski definition) is 2. The summed E-state index contributed by atoms with van der Waals surface area (Å²) in [5, 5.41) is 4.30. The lowest BCUT2D eigenvalue weighted by Crippen LogP contribution is -2.35. The van der Waals surface area contributed by atoms with Crippen LogP contribution in [0.2, 0.25) is 0 Å². The minimum absolute atomic E-state index is 0.103. The van der Waals surface area contributed by atoms with Gasteiger partial charge in [0.15, 0.2) is 0 Å². The standard InChI is InChI=1S/C18H22N2O/c1-18(2,3)14-9-7-12(8-10-14)17(21)20-19-16-11-13-5-4-6-15(13)16/h4-5,7-10,13,15H,6,11H2,1-3H3,(H,20,21)/b19-16-/t13-,15+/m1/s1. The second-order valence-electron chi connectivity index (χ2n) is 7.01. The van der Waals surface area contributed by atoms with Gasteiger partial charge in [-0.3, -0.25) is 4.79 Å². The third-order valence-electron chi connectivity index (χ3n) is 4.48. The van der Waals surface area contributed by atoms with Gasteiger partial charge >= 0.3 is 0 Å². The first-order chi connectivity index (χ1) is 9.95. The zero-order valence-electron chi connectivity index (χ0n) is 12.9. The maximum absolute atomic E-state index is 12.1. The molecule has 3 rings (SSSR count). The number of rotatable bonds is 2. The van der Waals surface area contributed by atoms with Crippen LogP contribution in [0.15, 0.2) is 41.5 Å². The Kier molecular flexibility index (Phi) is 3.44. The van der Waals surface area contributed by atoms with E-state index in [4.69, 9.17) is 0 Å². The summed E-state index contributed by atoms with van der Waals surface area (Å²) < 4.78 is 0. The summed E-state index contributed by atoms with van der Waals surface area (Å²) in [5.41, 5.74) is 5.81. The van der Waals surface area contributed by atoms with E-state index in [2.05, 4.69) is 43.5 Å². The van der Waals surface area contributed by atoms with Crippen molar-refractivity contribution in [1.29, 1.82) is 0 Å². The van der Waals surface area contributed by atoms with Crippen LogP contribution in [0.5, 0.6) is 0 Å². The lowest BCUT2D eigenvalue weighted by Gasteiger charge is -2.31. The number of nitrogens with one attached hydrogen (secondary N) is 1. The van der Waals surface area contributed by atoms with E-state index in [9.17, 15) is 4.79 Å². The van der Waals surface area contributed by atoms with Crippen molar-refractivity contribution in [1.82, 2.24) is 5.43 Å². The van der Waals surface area contributed by atoms with E-state index in [1.165, 1.54) is 5.56 Å². The second kappa shape index (κ2) is 5.14. The van der Waals surface area contributed by atoms with Gasteiger partial charge in [-0.2, -0.15) is 5.10 Å². The number of hydrogen-bond donors (Lipinski definition) is 1. The van der Waals surface area contributed by atoms with Crippen LogP contribution in [0.3, 0.4) is 0 Å². The number of benzene rings is 1. The molecule has 0 radical (unpaired) electrons. The fourth-order valence-corrected chi connectivity index (χ4v) is 2.97. The molecule has 1 aromatic carbocycles. The van der Waals surface area contributed by atoms with Crippen molar-refractivity contribution >= 4 is 11.6 Å². The van der Waals surface area contributed by atoms with Crippen molar-refractivity contribution in [3.8, 4) is 0 Å². The number of amides is 1. The normalized spacial score (nSPS) is 25.6. The molecule has 1 aromatic rings. The Labute approximate surface area is 126 Å². The van der Waals surface area contributed by atoms with Gasteiger partial charge in [0.05, 0.1) is 0 Å². The molecular weight excluding hydrogens is 260 g/mol. The van der Waals surface area contributed by atoms with Gasteiger partial charge in [-0.25, -0.2) is 5.43 Å². The van der Waals surface area contributed by atoms with Gasteiger partial charge in [-0.1, -0.05) is 45.1 Å². The number of hydrazone groups is 1. The minimum Gasteiger partial charge on any atom is -0.267 e. The van der Waals surface area contributed by atoms with Crippen molar-refractivity contribution in [2.24, 2.45) is 16.9 Å². The first kappa shape index (κ1) is 14.1. The zero-order valence-corrected chi connectivity index (χ0v) is 12.9. The highest BCUT2D eigenvalue weighted by atomic mass is 16.2. The molecule has 0 aliphatic heterocycles. The van der Waals surface area contributed by atoms with Crippen LogP contribution in [0.25, 0.3) is 0 Å². The number of nitrogens with zero attached hydrogens (tertiary/aromatic N) is 1. The highest BCUT2D eigenvalue weighted by Crippen LogP contribution is 2.40. The number of allylic oxidation sites excluding steroid dienone is 2. The number of fused-ring (bicyclic) bond motifs is 1. The molecule has 3 nitrogen and oxygen atoms in total. The Hall–Kier alpha value is -1.90. The molecular formula is C18H22N2O. The van der Waals surface area contributed by atoms with Gasteiger partial charge in [0.1, 0.15) is 0 Å². The summed E-state index contributed by atoms with van der Waals surface area (Å²) in [6, 6.07) is 7.78. The van der Waals surface area contributed by atoms with Gasteiger partial charge in [-0.05, 0) is 41.9 Å². The average molecular weight is 282 g/mol. The molecule has 3 heteroatoms. The lowest BCUT2D eigenvalue weighted by molar-refractivity contribution is 0.0954. The Morgan fingerprint density at radius 1 is 1.24 bits per heavy atom. The average Bonchev–Trinajstić information content (AvgIpc) is 2.79. The van der Waals surface area contributed by atoms with Crippen LogP contribution in [-0.2, 0) is 5.41 Å². The Bertz CT molecular complexity index is 605. The quantitative estimate of drug-likeness (QED) is 0.652. The van der Waals surface area contributed by atoms with Gasteiger partial charge in [-0.15, -0.1) is 0 Å². The second-order valence-corrected chi connectivity index (χ2v) is 7.01. The predicted octanol–water partition coefficient (Wildman–Crippen LogP) is 3.67. The van der Waals surface area contributed by atoms with E-state index in [1.807, 2.05) is 24.3 Å². The van der Waals surface area contributed by atoms with E-state index in [1.54, 1.807) is 0 Å². The van der Waals surface area contributed by atoms with Crippen LogP contribution in [-0.4, -0.2) is 11.6 Å². The largest absolute Gasteiger partial charge is 0.271 e. The molecule has 2 atom stereocenters. The van der Waals surface area contributed by atoms with Crippen molar-refractivity contribution in [3.05, 3.63) is 47.5 Å². The molecule has 0 aromatic heterocycles. The zero-order chi connectivity index (χ0) is 15.0. The fraction of sp³-hybridized carbons (Fsp3) is 0.444. The summed E-state index contributed by atoms with van der Waals surface area (Å²) in [7, 11) is 0. The van der Waals surface area contributed by atoms with Gasteiger partial charge in [0.25, 0.3) is 5.91 Å². The number of carbonyl (C=O) groups is 1. The molecule has 2 aliphatic rings. The summed E-state index contributed by atoms with van der Waals surface area (Å²) in [5.74, 6) is 1.07. The first-order valence-electron chi connectivity index (χ1n) is 7.59. The summed E-state index contributed by atoms with van der Waals surface area (Å²) in [6.07, 6.45) is 6.53. The summed E-state index contributed by atoms with van der Waals surface area (Å²) in [6.45, 7) is 6.49. The van der Waals surface area contributed by atoms with Gasteiger partial charge in [0.2, 0.25) is 0 Å². The maximum atomic E-state index is 12.1. The third-order valence-corrected chi connectivity index (χ3v) is 4.48. The first-order valence-corrected chi connectivity index (χ1v) is 7.59. The van der Waals surface area contributed by atoms with Crippen molar-refractivity contribution < 1.29 is 4.79 Å². The van der Waals surface area contributed by atoms with Crippen molar-refractivity contribution in [3.63, 3.8) is 0 Å². The van der Waals surface area contributed by atoms with Crippen LogP contribution in [0.4, 0.5) is 0 Å². The minimum atomic E-state index is -0.127. The monoisotopic (exact) mass is 282 g/mol. The topological polar surface area (TPSA) is 41.5 Å². The molecule has 110 valence electrons. The molecule has 0 saturated heterocycles. The predicted molar refractivity (Wildman–Crippen MR) is 85.4 cm³/mol. The molecule has 1 amide bonds. The van der Waals surface area contributed by atoms with Gasteiger partial charge in [0, 0.05) is 17.2 Å². The lowest BCUT2D eigenvalue weighted by atomic mass is 9.74. The SMILES string of the molecule is CC(C)(C)c1ccc(C(=O)N/N=C2/C[C@H]3C=CC[C@H]23)cc1. The molecule has 1 saturated carbocycles. The summed E-state index contributed by atoms with van der Waals surface area (Å²) >= 11 is 0. The molecule has 2 aliphatic carbocycles. The van der Waals surface area contributed by atoms with Crippen LogP contribution < -0.4 is 5.43 Å². The van der Waals surface area contributed by atoms with E-state index in [0.717, 1.165) is 18.6 Å². The molecule has 21 heavy (non-hydrogen) atoms. The molecule has 0 bridgehead atoms. The van der Waals surface area contributed by atoms with Crippen molar-refractivity contribution in [2.75, 3.05) is 0 Å². The van der Waals surface area contributed by atoms with E-state index in [0.29, 0.717) is 17.4 Å². The van der Waals surface area contributed by atoms with Crippen LogP contribution >= 0.6 is 0 Å². The Balaban J connectivity index is 1.62. The molecule has 1 fully saturated rings. The third kappa shape index (κ3) is 2.78. The van der Waals surface area contributed by atoms with Crippen LogP contribution in [0.1, 0.15) is 49.5 Å². The number of carbonyl (C=O) groups excluding carboxylic acids is 1. The fourth-order valence-electron chi connectivity index (χ4n) is 2.97. The van der Waals surface area contributed by atoms with Crippen molar-refractivity contribution in [2.45, 2.75) is 39.0 Å². The van der Waals surface area contributed by atoms with Gasteiger partial charge < -0.3 is 0 Å². The smallest absolute Gasteiger partial charge is 0.267 e. The van der Waals surface area contributed by atoms with Crippen LogP contribution in [0, 0.1) is 11.8 Å². The molecule has 0 spiro atoms. The maximum Gasteiger partial charge on any atom is 0.271 e. The van der Waals surface area contributed by atoms with E-state index < -0.39 is 0 Å². The highest BCUT2D eigenvalue weighted by Gasteiger charge is 2.38. The Morgan fingerprint density at radius 3 is 2.57 bits per heavy atom. The molecule has 1 N–H and O–H groups in total. The molecule has 0 unspecified atom stereocenters. The Morgan fingerprint density at radius 2 is 1.95 bits per heavy atom. The summed E-state index contributed by atoms with van der Waals surface area (Å²) in [4.78, 5) is 12.1. The van der Waals surface area contributed by atoms with E-state index in [-0.39, 0.29) is 11.3 Å². The highest BCUT2D eigenvalue weighted by molar-refractivity contribution is 5.98. The molecule has 0 heterocycles. The van der Waals surface area contributed by atoms with E-state index >= 15 is 0 Å².